The van der Waals surface area contributed by atoms with Crippen molar-refractivity contribution in [3.8, 4) is 6.01 Å². The van der Waals surface area contributed by atoms with Gasteiger partial charge in [0.25, 0.3) is 5.56 Å². The number of carbonyl (C=O) groups excluding carboxylic acids is 1. The van der Waals surface area contributed by atoms with Crippen LogP contribution in [0.3, 0.4) is 0 Å². The molecule has 1 saturated carbocycles. The van der Waals surface area contributed by atoms with E-state index in [2.05, 4.69) is 4.98 Å². The second-order valence-corrected chi connectivity index (χ2v) is 4.43. The number of carboxylic acid groups (broad SMARTS) is 1. The quantitative estimate of drug-likeness (QED) is 0.447. The van der Waals surface area contributed by atoms with Gasteiger partial charge in [-0.2, -0.15) is 4.39 Å². The Morgan fingerprint density at radius 1 is 1.29 bits per heavy atom. The number of hydrogen-bond donors (Lipinski definition) is 3. The number of aromatic carboxylic acids is 1. The van der Waals surface area contributed by atoms with E-state index in [1.165, 1.54) is 17.8 Å². The van der Waals surface area contributed by atoms with Gasteiger partial charge in [-0.3, -0.25) is 4.79 Å². The first kappa shape index (κ1) is 19.7. The number of carboxylic acids is 1. The Balaban J connectivity index is 0.000000390. The molecule has 0 aromatic carbocycles. The fraction of sp³-hybridized carbons (Fsp3) is 0.545. The van der Waals surface area contributed by atoms with Crippen molar-refractivity contribution in [2.75, 3.05) is 0 Å². The van der Waals surface area contributed by atoms with E-state index in [0.29, 0.717) is 0 Å². The van der Waals surface area contributed by atoms with Crippen LogP contribution in [0.1, 0.15) is 36.2 Å². The number of aromatic amines is 1. The summed E-state index contributed by atoms with van der Waals surface area (Å²) < 4.78 is 12.5. The molecule has 8 nitrogen and oxygen atoms in total. The Bertz CT molecular complexity index is 529. The molecule has 0 spiro atoms. The van der Waals surface area contributed by atoms with Gasteiger partial charge in [-0.1, -0.05) is 12.8 Å². The molecule has 2 unspecified atom stereocenters. The van der Waals surface area contributed by atoms with Crippen molar-refractivity contribution in [3.63, 3.8) is 0 Å². The van der Waals surface area contributed by atoms with Crippen LogP contribution in [0.4, 0.5) is 4.39 Å². The summed E-state index contributed by atoms with van der Waals surface area (Å²) in [7, 11) is 0. The SMILES string of the molecule is NC1CCCCC1N.O=C([O-])c1nc([O-])[nH]c(=O)c1F.[Pd+2]. The minimum absolute atomic E-state index is 0. The van der Waals surface area contributed by atoms with Crippen LogP contribution in [0.2, 0.25) is 0 Å². The van der Waals surface area contributed by atoms with E-state index in [1.807, 2.05) is 0 Å². The van der Waals surface area contributed by atoms with Gasteiger partial charge in [-0.05, 0) is 12.8 Å². The summed E-state index contributed by atoms with van der Waals surface area (Å²) in [6.07, 6.45) is 4.80. The number of H-pyrrole nitrogens is 1. The van der Waals surface area contributed by atoms with Gasteiger partial charge in [-0.25, -0.2) is 4.98 Å². The number of rotatable bonds is 1. The monoisotopic (exact) mass is 392 g/mol. The number of nitrogens with two attached hydrogens (primary N) is 2. The van der Waals surface area contributed by atoms with E-state index >= 15 is 0 Å². The van der Waals surface area contributed by atoms with Gasteiger partial charge < -0.3 is 31.5 Å². The fourth-order valence-corrected chi connectivity index (χ4v) is 1.76. The van der Waals surface area contributed by atoms with Crippen LogP contribution in [-0.2, 0) is 20.4 Å². The molecule has 1 aliphatic carbocycles. The zero-order valence-electron chi connectivity index (χ0n) is 10.9. The first-order chi connectivity index (χ1) is 9.32. The van der Waals surface area contributed by atoms with Crippen molar-refractivity contribution in [1.29, 1.82) is 0 Å². The summed E-state index contributed by atoms with van der Waals surface area (Å²) >= 11 is 0. The normalized spacial score (nSPS) is 20.7. The van der Waals surface area contributed by atoms with Crippen LogP contribution in [-0.4, -0.2) is 28.0 Å². The summed E-state index contributed by atoms with van der Waals surface area (Å²) in [5.41, 5.74) is 8.61. The maximum absolute atomic E-state index is 12.5. The Labute approximate surface area is 133 Å². The number of halogens is 1. The molecular formula is C11H15FN4O4Pd. The summed E-state index contributed by atoms with van der Waals surface area (Å²) in [6.45, 7) is 0. The molecule has 1 heterocycles. The van der Waals surface area contributed by atoms with Gasteiger partial charge in [0.2, 0.25) is 5.82 Å². The average Bonchev–Trinajstić information content (AvgIpc) is 2.38. The van der Waals surface area contributed by atoms with Gasteiger partial charge in [-0.15, -0.1) is 0 Å². The minimum atomic E-state index is -2.00. The van der Waals surface area contributed by atoms with E-state index in [4.69, 9.17) is 11.5 Å². The number of nitrogens with zero attached hydrogens (tertiary/aromatic N) is 1. The van der Waals surface area contributed by atoms with Crippen molar-refractivity contribution < 1.29 is 39.8 Å². The molecule has 10 heteroatoms. The van der Waals surface area contributed by atoms with Crippen LogP contribution in [0.5, 0.6) is 6.01 Å². The van der Waals surface area contributed by atoms with E-state index in [0.717, 1.165) is 12.8 Å². The molecule has 0 amide bonds. The number of aromatic nitrogens is 2. The van der Waals surface area contributed by atoms with Crippen LogP contribution in [0, 0.1) is 5.82 Å². The molecular weight excluding hydrogens is 378 g/mol. The molecule has 1 aromatic rings. The topological polar surface area (TPSA) is 161 Å². The zero-order valence-corrected chi connectivity index (χ0v) is 12.5. The molecule has 1 aliphatic rings. The summed E-state index contributed by atoms with van der Waals surface area (Å²) in [5, 5.41) is 20.4. The number of hydrogen-bond acceptors (Lipinski definition) is 7. The Hall–Kier alpha value is -1.34. The molecule has 0 saturated heterocycles. The predicted octanol–water partition coefficient (Wildman–Crippen LogP) is -2.44. The zero-order chi connectivity index (χ0) is 15.3. The van der Waals surface area contributed by atoms with E-state index in [-0.39, 0.29) is 32.5 Å². The molecule has 0 aliphatic heterocycles. The second-order valence-electron chi connectivity index (χ2n) is 4.43. The van der Waals surface area contributed by atoms with Crippen molar-refractivity contribution in [3.05, 3.63) is 21.9 Å². The smallest absolute Gasteiger partial charge is 0.846 e. The van der Waals surface area contributed by atoms with Gasteiger partial charge in [0, 0.05) is 12.1 Å². The molecule has 1 fully saturated rings. The van der Waals surface area contributed by atoms with Crippen LogP contribution in [0.15, 0.2) is 4.79 Å². The first-order valence-electron chi connectivity index (χ1n) is 6.02. The Morgan fingerprint density at radius 2 is 1.76 bits per heavy atom. The molecule has 2 atom stereocenters. The number of carbonyl (C=O) groups is 1. The molecule has 0 radical (unpaired) electrons. The van der Waals surface area contributed by atoms with E-state index < -0.39 is 29.1 Å². The van der Waals surface area contributed by atoms with Gasteiger partial charge in [0.15, 0.2) is 0 Å². The first-order valence-corrected chi connectivity index (χ1v) is 6.02. The maximum atomic E-state index is 12.5. The van der Waals surface area contributed by atoms with Crippen LogP contribution < -0.4 is 27.2 Å². The third-order valence-corrected chi connectivity index (χ3v) is 2.91. The van der Waals surface area contributed by atoms with Crippen LogP contribution in [0.25, 0.3) is 0 Å². The third-order valence-electron chi connectivity index (χ3n) is 2.91. The van der Waals surface area contributed by atoms with Gasteiger partial charge in [0.05, 0.1) is 12.0 Å². The summed E-state index contributed by atoms with van der Waals surface area (Å²) in [6, 6.07) is -0.659. The van der Waals surface area contributed by atoms with Crippen molar-refractivity contribution in [1.82, 2.24) is 9.97 Å². The Kier molecular flexibility index (Phi) is 8.28. The molecule has 0 bridgehead atoms. The van der Waals surface area contributed by atoms with Crippen molar-refractivity contribution in [2.24, 2.45) is 11.5 Å². The largest absolute Gasteiger partial charge is 2.00 e. The minimum Gasteiger partial charge on any atom is -0.846 e. The van der Waals surface area contributed by atoms with Crippen molar-refractivity contribution >= 4 is 5.97 Å². The number of nitrogens with one attached hydrogen (secondary N) is 1. The van der Waals surface area contributed by atoms with Crippen LogP contribution >= 0.6 is 0 Å². The summed E-state index contributed by atoms with van der Waals surface area (Å²) in [4.78, 5) is 24.6. The second kappa shape index (κ2) is 8.84. The predicted molar refractivity (Wildman–Crippen MR) is 63.0 cm³/mol. The van der Waals surface area contributed by atoms with Crippen molar-refractivity contribution in [2.45, 2.75) is 37.8 Å². The molecule has 5 N–H and O–H groups in total. The third kappa shape index (κ3) is 5.89. The maximum Gasteiger partial charge on any atom is 2.00 e. The van der Waals surface area contributed by atoms with Gasteiger partial charge >= 0.3 is 20.4 Å². The average molecular weight is 393 g/mol. The van der Waals surface area contributed by atoms with E-state index in [9.17, 15) is 24.2 Å². The standard InChI is InChI=1S/C6H14N2.C5H3FN2O4.Pd/c7-5-3-1-2-4-6(5)8;6-1-2(4(10)11)7-5(12)8-3(1)9;/h5-6H,1-4,7-8H2;(H,10,11)(H2,7,8,9,12);/q;;+2/p-2. The molecule has 21 heavy (non-hydrogen) atoms. The fourth-order valence-electron chi connectivity index (χ4n) is 1.76. The molecule has 1 aromatic heterocycles. The molecule has 2 rings (SSSR count). The van der Waals surface area contributed by atoms with E-state index in [1.54, 1.807) is 0 Å². The van der Waals surface area contributed by atoms with Gasteiger partial charge in [0.1, 0.15) is 5.69 Å². The summed E-state index contributed by atoms with van der Waals surface area (Å²) in [5.74, 6) is -3.63. The molecule has 120 valence electrons. The Morgan fingerprint density at radius 3 is 2.14 bits per heavy atom.